The molecule has 1 heterocycles. The Kier molecular flexibility index (Phi) is 9.00. The molecule has 12 heteroatoms. The van der Waals surface area contributed by atoms with Gasteiger partial charge in [-0.25, -0.2) is 9.59 Å². The van der Waals surface area contributed by atoms with Gasteiger partial charge in [-0.3, -0.25) is 14.4 Å². The molecule has 3 atom stereocenters. The van der Waals surface area contributed by atoms with Crippen molar-refractivity contribution in [3.63, 3.8) is 0 Å². The van der Waals surface area contributed by atoms with Crippen LogP contribution in [0.5, 0.6) is 0 Å². The fourth-order valence-corrected chi connectivity index (χ4v) is 5.28. The van der Waals surface area contributed by atoms with Crippen LogP contribution in [0.25, 0.3) is 0 Å². The van der Waals surface area contributed by atoms with E-state index in [9.17, 15) is 29.1 Å². The number of hydrogen-bond acceptors (Lipinski definition) is 7. The SMILES string of the molecule is CC(C)(C)OC(=O)[C@@H]1S[C@@H](C(=O)O)[C@H](c2ccccc2)N1C(=O)CNC(=O)Nc1cccc(CC(=O)O)c1. The van der Waals surface area contributed by atoms with Crippen LogP contribution in [0.1, 0.15) is 37.9 Å². The highest BCUT2D eigenvalue weighted by molar-refractivity contribution is 8.02. The predicted molar refractivity (Wildman–Crippen MR) is 139 cm³/mol. The molecule has 0 spiro atoms. The maximum Gasteiger partial charge on any atom is 0.340 e. The summed E-state index contributed by atoms with van der Waals surface area (Å²) in [6.07, 6.45) is -0.222. The number of carbonyl (C=O) groups is 5. The summed E-state index contributed by atoms with van der Waals surface area (Å²) < 4.78 is 5.47. The number of carboxylic acids is 2. The van der Waals surface area contributed by atoms with Gasteiger partial charge in [0, 0.05) is 5.69 Å². The number of urea groups is 1. The molecule has 0 radical (unpaired) electrons. The lowest BCUT2D eigenvalue weighted by molar-refractivity contribution is -0.161. The normalized spacial score (nSPS) is 18.9. The molecule has 0 aliphatic carbocycles. The Balaban J connectivity index is 1.80. The molecule has 2 aromatic carbocycles. The second kappa shape index (κ2) is 12.0. The minimum absolute atomic E-state index is 0.222. The maximum absolute atomic E-state index is 13.4. The van der Waals surface area contributed by atoms with Crippen molar-refractivity contribution in [2.24, 2.45) is 0 Å². The zero-order valence-electron chi connectivity index (χ0n) is 21.0. The van der Waals surface area contributed by atoms with Gasteiger partial charge in [-0.1, -0.05) is 42.5 Å². The van der Waals surface area contributed by atoms with Crippen LogP contribution >= 0.6 is 11.8 Å². The third-order valence-corrected chi connectivity index (χ3v) is 6.77. The molecule has 1 fully saturated rings. The van der Waals surface area contributed by atoms with E-state index in [0.29, 0.717) is 16.8 Å². The summed E-state index contributed by atoms with van der Waals surface area (Å²) in [4.78, 5) is 63.2. The van der Waals surface area contributed by atoms with E-state index in [4.69, 9.17) is 9.84 Å². The fourth-order valence-electron chi connectivity index (χ4n) is 3.91. The lowest BCUT2D eigenvalue weighted by Crippen LogP contribution is -2.48. The monoisotopic (exact) mass is 543 g/mol. The Labute approximate surface area is 223 Å². The van der Waals surface area contributed by atoms with Gasteiger partial charge in [0.2, 0.25) is 5.91 Å². The Morgan fingerprint density at radius 3 is 2.29 bits per heavy atom. The van der Waals surface area contributed by atoms with Crippen LogP contribution in [0.3, 0.4) is 0 Å². The van der Waals surface area contributed by atoms with Crippen LogP contribution in [-0.2, 0) is 30.3 Å². The van der Waals surface area contributed by atoms with Crippen LogP contribution in [-0.4, -0.2) is 67.7 Å². The number of ether oxygens (including phenoxy) is 1. The third kappa shape index (κ3) is 7.48. The molecule has 3 rings (SSSR count). The van der Waals surface area contributed by atoms with Crippen molar-refractivity contribution < 1.29 is 38.9 Å². The first kappa shape index (κ1) is 28.5. The van der Waals surface area contributed by atoms with E-state index < -0.39 is 58.7 Å². The second-order valence-electron chi connectivity index (χ2n) is 9.52. The number of carboxylic acid groups (broad SMARTS) is 2. The quantitative estimate of drug-likeness (QED) is 0.367. The first-order valence-corrected chi connectivity index (χ1v) is 12.6. The molecule has 0 bridgehead atoms. The van der Waals surface area contributed by atoms with Crippen LogP contribution in [0.15, 0.2) is 54.6 Å². The zero-order chi connectivity index (χ0) is 28.0. The van der Waals surface area contributed by atoms with Gasteiger partial charge in [0.15, 0.2) is 5.37 Å². The van der Waals surface area contributed by atoms with Crippen molar-refractivity contribution in [3.05, 3.63) is 65.7 Å². The molecular weight excluding hydrogens is 514 g/mol. The summed E-state index contributed by atoms with van der Waals surface area (Å²) in [5.41, 5.74) is 0.450. The molecule has 1 aliphatic rings. The molecular formula is C26H29N3O8S. The first-order valence-electron chi connectivity index (χ1n) is 11.7. The van der Waals surface area contributed by atoms with Crippen molar-refractivity contribution in [1.82, 2.24) is 10.2 Å². The minimum Gasteiger partial charge on any atom is -0.481 e. The first-order chi connectivity index (χ1) is 17.9. The standard InChI is InChI=1S/C26H29N3O8S/c1-26(2,3)37-24(35)22-29(20(21(38-22)23(33)34)16-9-5-4-6-10-16)18(30)14-27-25(36)28-17-11-7-8-15(12-17)13-19(31)32/h4-12,20-22H,13-14H2,1-3H3,(H,31,32)(H,33,34)(H2,27,28,36)/t20-,21+,22-/m0/s1. The average Bonchev–Trinajstić information content (AvgIpc) is 3.23. The summed E-state index contributed by atoms with van der Waals surface area (Å²) in [6, 6.07) is 13.0. The number of thioether (sulfide) groups is 1. The fraction of sp³-hybridized carbons (Fsp3) is 0.346. The van der Waals surface area contributed by atoms with Gasteiger partial charge in [-0.2, -0.15) is 0 Å². The van der Waals surface area contributed by atoms with Crippen LogP contribution in [0.4, 0.5) is 10.5 Å². The van der Waals surface area contributed by atoms with Crippen LogP contribution in [0, 0.1) is 0 Å². The van der Waals surface area contributed by atoms with Crippen LogP contribution in [0.2, 0.25) is 0 Å². The number of nitrogens with one attached hydrogen (secondary N) is 2. The molecule has 4 N–H and O–H groups in total. The number of amides is 3. The highest BCUT2D eigenvalue weighted by atomic mass is 32.2. The van der Waals surface area contributed by atoms with E-state index in [1.54, 1.807) is 69.3 Å². The van der Waals surface area contributed by atoms with Crippen molar-refractivity contribution in [3.8, 4) is 0 Å². The highest BCUT2D eigenvalue weighted by Gasteiger charge is 2.52. The largest absolute Gasteiger partial charge is 0.481 e. The number of esters is 1. The molecule has 0 saturated carbocycles. The second-order valence-corrected chi connectivity index (χ2v) is 10.7. The van der Waals surface area contributed by atoms with Gasteiger partial charge < -0.3 is 30.5 Å². The maximum atomic E-state index is 13.4. The summed E-state index contributed by atoms with van der Waals surface area (Å²) in [7, 11) is 0. The molecule has 0 aromatic heterocycles. The van der Waals surface area contributed by atoms with Gasteiger partial charge in [-0.15, -0.1) is 11.8 Å². The molecule has 1 aliphatic heterocycles. The molecule has 38 heavy (non-hydrogen) atoms. The molecule has 3 amide bonds. The number of rotatable bonds is 8. The van der Waals surface area contributed by atoms with Gasteiger partial charge in [0.1, 0.15) is 10.9 Å². The predicted octanol–water partition coefficient (Wildman–Crippen LogP) is 2.87. The highest BCUT2D eigenvalue weighted by Crippen LogP contribution is 2.45. The summed E-state index contributed by atoms with van der Waals surface area (Å²) in [5.74, 6) is -3.66. The number of anilines is 1. The van der Waals surface area contributed by atoms with Crippen molar-refractivity contribution >= 4 is 47.3 Å². The lowest BCUT2D eigenvalue weighted by Gasteiger charge is -2.31. The topological polar surface area (TPSA) is 162 Å². The number of benzene rings is 2. The van der Waals surface area contributed by atoms with E-state index in [0.717, 1.165) is 16.7 Å². The number of nitrogens with zero attached hydrogens (tertiary/aromatic N) is 1. The van der Waals surface area contributed by atoms with Crippen molar-refractivity contribution in [2.45, 2.75) is 49.5 Å². The van der Waals surface area contributed by atoms with E-state index in [1.165, 1.54) is 6.07 Å². The average molecular weight is 544 g/mol. The van der Waals surface area contributed by atoms with E-state index in [1.807, 2.05) is 0 Å². The molecule has 1 saturated heterocycles. The Hall–Kier alpha value is -4.06. The van der Waals surface area contributed by atoms with E-state index in [-0.39, 0.29) is 6.42 Å². The van der Waals surface area contributed by atoms with Crippen molar-refractivity contribution in [1.29, 1.82) is 0 Å². The van der Waals surface area contributed by atoms with Crippen molar-refractivity contribution in [2.75, 3.05) is 11.9 Å². The Morgan fingerprint density at radius 2 is 1.68 bits per heavy atom. The summed E-state index contributed by atoms with van der Waals surface area (Å²) >= 11 is 0.805. The van der Waals surface area contributed by atoms with E-state index >= 15 is 0 Å². The van der Waals surface area contributed by atoms with Gasteiger partial charge in [-0.05, 0) is 44.0 Å². The number of aliphatic carboxylic acids is 2. The van der Waals surface area contributed by atoms with Gasteiger partial charge in [0.25, 0.3) is 0 Å². The Morgan fingerprint density at radius 1 is 1.00 bits per heavy atom. The number of hydrogen-bond donors (Lipinski definition) is 4. The summed E-state index contributed by atoms with van der Waals surface area (Å²) in [5, 5.41) is 21.4. The van der Waals surface area contributed by atoms with Gasteiger partial charge >= 0.3 is 23.9 Å². The molecule has 2 aromatic rings. The van der Waals surface area contributed by atoms with Crippen LogP contribution < -0.4 is 10.6 Å². The Bertz CT molecular complexity index is 1210. The number of carbonyl (C=O) groups excluding carboxylic acids is 3. The third-order valence-electron chi connectivity index (χ3n) is 5.34. The van der Waals surface area contributed by atoms with E-state index in [2.05, 4.69) is 10.6 Å². The van der Waals surface area contributed by atoms with Gasteiger partial charge in [0.05, 0.1) is 19.0 Å². The minimum atomic E-state index is -1.24. The smallest absolute Gasteiger partial charge is 0.340 e. The molecule has 11 nitrogen and oxygen atoms in total. The summed E-state index contributed by atoms with van der Waals surface area (Å²) in [6.45, 7) is 4.46. The zero-order valence-corrected chi connectivity index (χ0v) is 21.9. The molecule has 202 valence electrons. The lowest BCUT2D eigenvalue weighted by atomic mass is 10.0. The molecule has 0 unspecified atom stereocenters.